The minimum Gasteiger partial charge on any atom is -0.316 e. The van der Waals surface area contributed by atoms with Gasteiger partial charge in [-0.1, -0.05) is 25.6 Å². The number of nitrogens with one attached hydrogen (secondary N) is 2. The van der Waals surface area contributed by atoms with Gasteiger partial charge in [0.25, 0.3) is 0 Å². The topological polar surface area (TPSA) is 79.8 Å². The fraction of sp³-hybridized carbons (Fsp3) is 0.786. The molecule has 2 rings (SSSR count). The maximum absolute atomic E-state index is 11.5. The van der Waals surface area contributed by atoms with Crippen molar-refractivity contribution in [1.82, 2.24) is 20.1 Å². The minimum atomic E-state index is -0.715. The van der Waals surface area contributed by atoms with Crippen molar-refractivity contribution >= 4 is 11.8 Å². The molecular formula is C14H24N4O2S. The summed E-state index contributed by atoms with van der Waals surface area (Å²) in [5, 5.41) is 6.82. The van der Waals surface area contributed by atoms with Crippen LogP contribution in [0.15, 0.2) is 14.7 Å². The Balaban J connectivity index is 2.20. The minimum absolute atomic E-state index is 0.361. The molecule has 6 nitrogen and oxygen atoms in total. The number of H-pyrrole nitrogens is 1. The van der Waals surface area contributed by atoms with Crippen LogP contribution >= 0.6 is 11.8 Å². The standard InChI is InChI=1S/C14H24N4O2S/c1-8(2)9-5-6-10(15-3)11(7-9)21-14-16-12(19)13(20)17-18(14)4/h8-11,15H,5-7H2,1-4H3,(H,17,20). The Bertz CT molecular complexity index is 595. The normalized spacial score (nSPS) is 26.2. The van der Waals surface area contributed by atoms with Gasteiger partial charge in [-0.05, 0) is 38.1 Å². The highest BCUT2D eigenvalue weighted by Gasteiger charge is 2.32. The van der Waals surface area contributed by atoms with E-state index < -0.39 is 11.1 Å². The quantitative estimate of drug-likeness (QED) is 0.810. The van der Waals surface area contributed by atoms with E-state index >= 15 is 0 Å². The number of nitrogens with zero attached hydrogens (tertiary/aromatic N) is 2. The van der Waals surface area contributed by atoms with Gasteiger partial charge < -0.3 is 5.32 Å². The third-order valence-electron chi connectivity index (χ3n) is 4.35. The summed E-state index contributed by atoms with van der Waals surface area (Å²) < 4.78 is 1.54. The SMILES string of the molecule is CNC1CCC(C(C)C)CC1Sc1nc(=O)c(=O)[nH]n1C. The van der Waals surface area contributed by atoms with Crippen molar-refractivity contribution in [2.75, 3.05) is 7.05 Å². The number of aromatic nitrogens is 3. The molecule has 1 aromatic heterocycles. The molecule has 0 spiro atoms. The Morgan fingerprint density at radius 3 is 2.71 bits per heavy atom. The molecule has 3 unspecified atom stereocenters. The molecule has 1 aromatic rings. The first-order valence-corrected chi connectivity index (χ1v) is 8.31. The van der Waals surface area contributed by atoms with Crippen LogP contribution in [0.1, 0.15) is 33.1 Å². The van der Waals surface area contributed by atoms with Crippen molar-refractivity contribution in [2.45, 2.75) is 49.6 Å². The first-order chi connectivity index (χ1) is 9.92. The summed E-state index contributed by atoms with van der Waals surface area (Å²) in [5.41, 5.74) is -1.39. The molecule has 7 heteroatoms. The van der Waals surface area contributed by atoms with Gasteiger partial charge in [-0.15, -0.1) is 0 Å². The lowest BCUT2D eigenvalue weighted by atomic mass is 9.79. The van der Waals surface area contributed by atoms with Gasteiger partial charge in [0.15, 0.2) is 5.16 Å². The summed E-state index contributed by atoms with van der Waals surface area (Å²) in [6.45, 7) is 4.53. The molecular weight excluding hydrogens is 288 g/mol. The summed E-state index contributed by atoms with van der Waals surface area (Å²) in [6, 6.07) is 0.411. The Hall–Kier alpha value is -1.08. The number of hydrogen-bond donors (Lipinski definition) is 2. The van der Waals surface area contributed by atoms with Crippen LogP contribution in [0.5, 0.6) is 0 Å². The molecule has 1 heterocycles. The van der Waals surface area contributed by atoms with E-state index in [0.717, 1.165) is 12.8 Å². The summed E-state index contributed by atoms with van der Waals surface area (Å²) >= 11 is 1.59. The molecule has 0 aromatic carbocycles. The molecule has 0 amide bonds. The zero-order valence-corrected chi connectivity index (χ0v) is 13.9. The van der Waals surface area contributed by atoms with Gasteiger partial charge >= 0.3 is 11.1 Å². The summed E-state index contributed by atoms with van der Waals surface area (Å²) in [7, 11) is 3.69. The third kappa shape index (κ3) is 3.77. The van der Waals surface area contributed by atoms with Gasteiger partial charge in [-0.2, -0.15) is 4.98 Å². The van der Waals surface area contributed by atoms with Gasteiger partial charge in [0.1, 0.15) is 0 Å². The largest absolute Gasteiger partial charge is 0.339 e. The maximum atomic E-state index is 11.5. The van der Waals surface area contributed by atoms with Crippen molar-refractivity contribution in [1.29, 1.82) is 0 Å². The van der Waals surface area contributed by atoms with E-state index in [0.29, 0.717) is 28.3 Å². The molecule has 1 fully saturated rings. The van der Waals surface area contributed by atoms with E-state index in [2.05, 4.69) is 29.2 Å². The molecule has 2 N–H and O–H groups in total. The van der Waals surface area contributed by atoms with E-state index in [4.69, 9.17) is 0 Å². The van der Waals surface area contributed by atoms with Crippen molar-refractivity contribution in [2.24, 2.45) is 18.9 Å². The highest BCUT2D eigenvalue weighted by molar-refractivity contribution is 7.99. The highest BCUT2D eigenvalue weighted by Crippen LogP contribution is 2.38. The second kappa shape index (κ2) is 6.79. The number of aryl methyl sites for hydroxylation is 1. The van der Waals surface area contributed by atoms with Crippen LogP contribution in [-0.2, 0) is 7.05 Å². The van der Waals surface area contributed by atoms with Crippen molar-refractivity contribution < 1.29 is 0 Å². The fourth-order valence-corrected chi connectivity index (χ4v) is 4.32. The van der Waals surface area contributed by atoms with Crippen LogP contribution in [0.4, 0.5) is 0 Å². The average Bonchev–Trinajstić information content (AvgIpc) is 2.44. The second-order valence-corrected chi connectivity index (χ2v) is 7.27. The third-order valence-corrected chi connectivity index (χ3v) is 5.75. The van der Waals surface area contributed by atoms with Crippen LogP contribution in [0.3, 0.4) is 0 Å². The maximum Gasteiger partial charge on any atom is 0.339 e. The molecule has 0 aliphatic heterocycles. The molecule has 0 saturated heterocycles. The Morgan fingerprint density at radius 2 is 2.10 bits per heavy atom. The van der Waals surface area contributed by atoms with Gasteiger partial charge in [-0.25, -0.2) is 0 Å². The smallest absolute Gasteiger partial charge is 0.316 e. The van der Waals surface area contributed by atoms with Crippen LogP contribution in [0, 0.1) is 11.8 Å². The summed E-state index contributed by atoms with van der Waals surface area (Å²) in [5.74, 6) is 1.37. The van der Waals surface area contributed by atoms with Gasteiger partial charge in [0.05, 0.1) is 0 Å². The van der Waals surface area contributed by atoms with Crippen LogP contribution in [0.2, 0.25) is 0 Å². The number of aromatic amines is 1. The second-order valence-electron chi connectivity index (χ2n) is 6.07. The highest BCUT2D eigenvalue weighted by atomic mass is 32.2. The predicted molar refractivity (Wildman–Crippen MR) is 84.8 cm³/mol. The average molecular weight is 312 g/mol. The Morgan fingerprint density at radius 1 is 1.38 bits per heavy atom. The Labute approximate surface area is 128 Å². The monoisotopic (exact) mass is 312 g/mol. The van der Waals surface area contributed by atoms with Crippen LogP contribution < -0.4 is 16.4 Å². The zero-order valence-electron chi connectivity index (χ0n) is 13.0. The molecule has 1 aliphatic carbocycles. The molecule has 1 saturated carbocycles. The van der Waals surface area contributed by atoms with E-state index in [-0.39, 0.29) is 0 Å². The Kier molecular flexibility index (Phi) is 5.27. The lowest BCUT2D eigenvalue weighted by molar-refractivity contribution is 0.251. The summed E-state index contributed by atoms with van der Waals surface area (Å²) in [6.07, 6.45) is 3.47. The van der Waals surface area contributed by atoms with Crippen molar-refractivity contribution in [3.05, 3.63) is 20.7 Å². The molecule has 1 aliphatic rings. The first kappa shape index (κ1) is 16.3. The molecule has 0 bridgehead atoms. The van der Waals surface area contributed by atoms with E-state index in [1.54, 1.807) is 23.5 Å². The van der Waals surface area contributed by atoms with Gasteiger partial charge in [-0.3, -0.25) is 19.4 Å². The first-order valence-electron chi connectivity index (χ1n) is 7.43. The van der Waals surface area contributed by atoms with Crippen molar-refractivity contribution in [3.63, 3.8) is 0 Å². The van der Waals surface area contributed by atoms with E-state index in [1.165, 1.54) is 6.42 Å². The lowest BCUT2D eigenvalue weighted by Crippen LogP contribution is -2.42. The van der Waals surface area contributed by atoms with Crippen LogP contribution in [0.25, 0.3) is 0 Å². The predicted octanol–water partition coefficient (Wildman–Crippen LogP) is 0.973. The zero-order chi connectivity index (χ0) is 15.6. The lowest BCUT2D eigenvalue weighted by Gasteiger charge is -2.37. The number of hydrogen-bond acceptors (Lipinski definition) is 5. The molecule has 0 radical (unpaired) electrons. The number of thioether (sulfide) groups is 1. The molecule has 21 heavy (non-hydrogen) atoms. The van der Waals surface area contributed by atoms with Crippen LogP contribution in [-0.4, -0.2) is 33.1 Å². The van der Waals surface area contributed by atoms with E-state index in [1.807, 2.05) is 7.05 Å². The number of rotatable bonds is 4. The fourth-order valence-electron chi connectivity index (χ4n) is 2.93. The molecule has 118 valence electrons. The van der Waals surface area contributed by atoms with Gasteiger partial charge in [0, 0.05) is 18.3 Å². The summed E-state index contributed by atoms with van der Waals surface area (Å²) in [4.78, 5) is 26.6. The van der Waals surface area contributed by atoms with Crippen molar-refractivity contribution in [3.8, 4) is 0 Å². The van der Waals surface area contributed by atoms with Gasteiger partial charge in [0.2, 0.25) is 0 Å². The molecule has 3 atom stereocenters. The van der Waals surface area contributed by atoms with E-state index in [9.17, 15) is 9.59 Å².